The van der Waals surface area contributed by atoms with Gasteiger partial charge in [0.15, 0.2) is 0 Å². The van der Waals surface area contributed by atoms with E-state index in [1.165, 1.54) is 6.07 Å². The Morgan fingerprint density at radius 2 is 2.06 bits per heavy atom. The maximum atomic E-state index is 12.4. The average Bonchev–Trinajstić information content (AvgIpc) is 2.16. The van der Waals surface area contributed by atoms with E-state index in [9.17, 15) is 13.2 Å². The fraction of sp³-hybridized carbons (Fsp3) is 0.455. The third-order valence-electron chi connectivity index (χ3n) is 2.12. The van der Waals surface area contributed by atoms with Crippen LogP contribution in [0, 0.1) is 0 Å². The number of alkyl halides is 3. The summed E-state index contributed by atoms with van der Waals surface area (Å²) in [4.78, 5) is 0. The summed E-state index contributed by atoms with van der Waals surface area (Å²) in [6.45, 7) is 2.42. The Morgan fingerprint density at radius 3 is 2.62 bits per heavy atom. The quantitative estimate of drug-likeness (QED) is 0.837. The van der Waals surface area contributed by atoms with E-state index >= 15 is 0 Å². The number of hydrogen-bond donors (Lipinski definition) is 2. The first-order chi connectivity index (χ1) is 7.39. The van der Waals surface area contributed by atoms with Crippen LogP contribution in [0.25, 0.3) is 0 Å². The van der Waals surface area contributed by atoms with Crippen molar-refractivity contribution < 1.29 is 13.2 Å². The first kappa shape index (κ1) is 12.8. The average molecular weight is 232 g/mol. The minimum absolute atomic E-state index is 0.0401. The predicted molar refractivity (Wildman–Crippen MR) is 58.2 cm³/mol. The van der Waals surface area contributed by atoms with Gasteiger partial charge in [-0.05, 0) is 31.5 Å². The summed E-state index contributed by atoms with van der Waals surface area (Å²) in [6.07, 6.45) is -3.57. The molecule has 0 fully saturated rings. The summed E-state index contributed by atoms with van der Waals surface area (Å²) < 4.78 is 37.1. The number of nitrogens with two attached hydrogens (primary N) is 1. The first-order valence-electron chi connectivity index (χ1n) is 5.06. The van der Waals surface area contributed by atoms with Crippen molar-refractivity contribution >= 4 is 5.69 Å². The Balaban J connectivity index is 2.61. The van der Waals surface area contributed by atoms with Crippen LogP contribution in [-0.2, 0) is 6.18 Å². The molecule has 0 saturated carbocycles. The number of anilines is 1. The van der Waals surface area contributed by atoms with E-state index in [1.807, 2.05) is 6.92 Å². The van der Waals surface area contributed by atoms with Gasteiger partial charge in [0, 0.05) is 18.3 Å². The standard InChI is InChI=1S/C11H15F3N2/c1-8(15)5-6-16-10-4-2-3-9(7-10)11(12,13)14/h2-4,7-8,16H,5-6,15H2,1H3. The Hall–Kier alpha value is -1.23. The number of nitrogens with one attached hydrogen (secondary N) is 1. The lowest BCUT2D eigenvalue weighted by Gasteiger charge is -2.11. The lowest BCUT2D eigenvalue weighted by atomic mass is 10.2. The van der Waals surface area contributed by atoms with Crippen molar-refractivity contribution in [2.45, 2.75) is 25.6 Å². The zero-order chi connectivity index (χ0) is 12.2. The predicted octanol–water partition coefficient (Wildman–Crippen LogP) is 2.85. The van der Waals surface area contributed by atoms with Crippen LogP contribution in [0.3, 0.4) is 0 Å². The molecule has 0 aliphatic rings. The molecule has 1 aromatic carbocycles. The molecule has 1 aromatic rings. The third-order valence-corrected chi connectivity index (χ3v) is 2.12. The minimum Gasteiger partial charge on any atom is -0.385 e. The topological polar surface area (TPSA) is 38.0 Å². The van der Waals surface area contributed by atoms with E-state index in [0.717, 1.165) is 18.6 Å². The van der Waals surface area contributed by atoms with Crippen LogP contribution in [0.4, 0.5) is 18.9 Å². The molecule has 0 saturated heterocycles. The molecule has 0 aromatic heterocycles. The molecule has 0 aliphatic carbocycles. The molecule has 1 atom stereocenters. The minimum atomic E-state index is -4.29. The van der Waals surface area contributed by atoms with Gasteiger partial charge in [-0.25, -0.2) is 0 Å². The fourth-order valence-electron chi connectivity index (χ4n) is 1.25. The van der Waals surface area contributed by atoms with Crippen LogP contribution >= 0.6 is 0 Å². The second kappa shape index (κ2) is 5.21. The van der Waals surface area contributed by atoms with Crippen molar-refractivity contribution in [1.82, 2.24) is 0 Å². The third kappa shape index (κ3) is 4.10. The molecule has 3 N–H and O–H groups in total. The molecule has 0 radical (unpaired) electrons. The van der Waals surface area contributed by atoms with Crippen LogP contribution in [0.15, 0.2) is 24.3 Å². The highest BCUT2D eigenvalue weighted by atomic mass is 19.4. The van der Waals surface area contributed by atoms with Gasteiger partial charge in [0.25, 0.3) is 0 Å². The summed E-state index contributed by atoms with van der Waals surface area (Å²) >= 11 is 0. The molecular formula is C11H15F3N2. The first-order valence-corrected chi connectivity index (χ1v) is 5.06. The highest BCUT2D eigenvalue weighted by molar-refractivity contribution is 5.46. The summed E-state index contributed by atoms with van der Waals surface area (Å²) in [6, 6.07) is 5.18. The van der Waals surface area contributed by atoms with E-state index in [0.29, 0.717) is 12.2 Å². The van der Waals surface area contributed by atoms with Gasteiger partial charge in [-0.3, -0.25) is 0 Å². The molecule has 16 heavy (non-hydrogen) atoms. The lowest BCUT2D eigenvalue weighted by molar-refractivity contribution is -0.137. The smallest absolute Gasteiger partial charge is 0.385 e. The van der Waals surface area contributed by atoms with E-state index in [1.54, 1.807) is 6.07 Å². The molecule has 5 heteroatoms. The second-order valence-electron chi connectivity index (χ2n) is 3.77. The second-order valence-corrected chi connectivity index (χ2v) is 3.77. The molecule has 0 spiro atoms. The molecule has 1 unspecified atom stereocenters. The van der Waals surface area contributed by atoms with E-state index in [4.69, 9.17) is 5.73 Å². The number of rotatable bonds is 4. The van der Waals surface area contributed by atoms with Gasteiger partial charge in [-0.1, -0.05) is 6.07 Å². The van der Waals surface area contributed by atoms with Crippen molar-refractivity contribution in [3.8, 4) is 0 Å². The molecular weight excluding hydrogens is 217 g/mol. The molecule has 0 bridgehead atoms. The Morgan fingerprint density at radius 1 is 1.38 bits per heavy atom. The van der Waals surface area contributed by atoms with Gasteiger partial charge in [0.1, 0.15) is 0 Å². The van der Waals surface area contributed by atoms with E-state index in [2.05, 4.69) is 5.32 Å². The summed E-state index contributed by atoms with van der Waals surface area (Å²) in [5.74, 6) is 0. The SMILES string of the molecule is CC(N)CCNc1cccc(C(F)(F)F)c1. The Bertz CT molecular complexity index is 334. The van der Waals surface area contributed by atoms with E-state index < -0.39 is 11.7 Å². The number of benzene rings is 1. The van der Waals surface area contributed by atoms with Crippen LogP contribution in [0.5, 0.6) is 0 Å². The van der Waals surface area contributed by atoms with Crippen molar-refractivity contribution in [3.63, 3.8) is 0 Å². The maximum Gasteiger partial charge on any atom is 0.416 e. The van der Waals surface area contributed by atoms with Crippen molar-refractivity contribution in [3.05, 3.63) is 29.8 Å². The molecule has 0 aliphatic heterocycles. The van der Waals surface area contributed by atoms with E-state index in [-0.39, 0.29) is 6.04 Å². The van der Waals surface area contributed by atoms with Crippen molar-refractivity contribution in [2.75, 3.05) is 11.9 Å². The molecule has 2 nitrogen and oxygen atoms in total. The highest BCUT2D eigenvalue weighted by Crippen LogP contribution is 2.30. The van der Waals surface area contributed by atoms with Gasteiger partial charge in [0.2, 0.25) is 0 Å². The van der Waals surface area contributed by atoms with Gasteiger partial charge < -0.3 is 11.1 Å². The summed E-state index contributed by atoms with van der Waals surface area (Å²) in [7, 11) is 0. The maximum absolute atomic E-state index is 12.4. The van der Waals surface area contributed by atoms with Crippen molar-refractivity contribution in [1.29, 1.82) is 0 Å². The highest BCUT2D eigenvalue weighted by Gasteiger charge is 2.30. The zero-order valence-electron chi connectivity index (χ0n) is 9.01. The summed E-state index contributed by atoms with van der Waals surface area (Å²) in [5.41, 5.74) is 5.36. The molecule has 90 valence electrons. The van der Waals surface area contributed by atoms with Crippen molar-refractivity contribution in [2.24, 2.45) is 5.73 Å². The fourth-order valence-corrected chi connectivity index (χ4v) is 1.25. The Kier molecular flexibility index (Phi) is 4.18. The van der Waals surface area contributed by atoms with Gasteiger partial charge in [0.05, 0.1) is 5.56 Å². The van der Waals surface area contributed by atoms with Gasteiger partial charge in [-0.2, -0.15) is 13.2 Å². The normalized spacial score (nSPS) is 13.6. The van der Waals surface area contributed by atoms with Crippen LogP contribution in [0.2, 0.25) is 0 Å². The molecule has 0 amide bonds. The van der Waals surface area contributed by atoms with Gasteiger partial charge >= 0.3 is 6.18 Å². The molecule has 1 rings (SSSR count). The van der Waals surface area contributed by atoms with Gasteiger partial charge in [-0.15, -0.1) is 0 Å². The largest absolute Gasteiger partial charge is 0.416 e. The lowest BCUT2D eigenvalue weighted by Crippen LogP contribution is -2.19. The summed E-state index contributed by atoms with van der Waals surface area (Å²) in [5, 5.41) is 2.91. The van der Waals surface area contributed by atoms with Crippen LogP contribution in [-0.4, -0.2) is 12.6 Å². The number of halogens is 3. The van der Waals surface area contributed by atoms with Crippen LogP contribution in [0.1, 0.15) is 18.9 Å². The van der Waals surface area contributed by atoms with Crippen LogP contribution < -0.4 is 11.1 Å². The Labute approximate surface area is 92.6 Å². The number of hydrogen-bond acceptors (Lipinski definition) is 2. The monoisotopic (exact) mass is 232 g/mol. The molecule has 0 heterocycles. The zero-order valence-corrected chi connectivity index (χ0v) is 9.01.